The van der Waals surface area contributed by atoms with Crippen molar-refractivity contribution in [2.45, 2.75) is 51.1 Å². The highest BCUT2D eigenvalue weighted by molar-refractivity contribution is 5.68. The van der Waals surface area contributed by atoms with E-state index in [2.05, 4.69) is 14.9 Å². The van der Waals surface area contributed by atoms with Crippen LogP contribution in [-0.4, -0.2) is 65.0 Å². The SMILES string of the molecule is CC(=O)OC[C@H]1O[C@@](O)(O[N+](=O)[O-])[C@H](N=[N+]=[N-])[C@@H](OC(C)=O)[C@H]1OC(C)=O. The van der Waals surface area contributed by atoms with Crippen LogP contribution in [0, 0.1) is 10.1 Å². The summed E-state index contributed by atoms with van der Waals surface area (Å²) in [5, 5.41) is 22.8. The maximum absolute atomic E-state index is 11.4. The molecule has 0 aliphatic carbocycles. The van der Waals surface area contributed by atoms with Crippen LogP contribution in [0.5, 0.6) is 0 Å². The average Bonchev–Trinajstić information content (AvgIpc) is 2.50. The summed E-state index contributed by atoms with van der Waals surface area (Å²) in [4.78, 5) is 51.0. The Labute approximate surface area is 150 Å². The number of carbonyl (C=O) groups excluding carboxylic acids is 3. The zero-order valence-corrected chi connectivity index (χ0v) is 14.3. The molecule has 0 saturated carbocycles. The molecule has 27 heavy (non-hydrogen) atoms. The summed E-state index contributed by atoms with van der Waals surface area (Å²) in [5.74, 6) is -5.88. The van der Waals surface area contributed by atoms with E-state index < -0.39 is 59.9 Å². The van der Waals surface area contributed by atoms with Gasteiger partial charge in [-0.2, -0.15) is 0 Å². The maximum atomic E-state index is 11.4. The Balaban J connectivity index is 3.42. The largest absolute Gasteiger partial charge is 0.463 e. The van der Waals surface area contributed by atoms with E-state index >= 15 is 0 Å². The van der Waals surface area contributed by atoms with Crippen molar-refractivity contribution in [1.29, 1.82) is 0 Å². The summed E-state index contributed by atoms with van der Waals surface area (Å²) in [6.45, 7) is 2.31. The van der Waals surface area contributed by atoms with Gasteiger partial charge in [0.25, 0.3) is 5.09 Å². The summed E-state index contributed by atoms with van der Waals surface area (Å²) in [6.07, 6.45) is -4.89. The van der Waals surface area contributed by atoms with Gasteiger partial charge in [0, 0.05) is 25.7 Å². The van der Waals surface area contributed by atoms with Crippen molar-refractivity contribution in [3.05, 3.63) is 20.6 Å². The molecule has 1 aliphatic rings. The fraction of sp³-hybridized carbons (Fsp3) is 0.750. The van der Waals surface area contributed by atoms with Crippen molar-refractivity contribution in [3.63, 3.8) is 0 Å². The molecule has 150 valence electrons. The van der Waals surface area contributed by atoms with Gasteiger partial charge >= 0.3 is 23.9 Å². The second kappa shape index (κ2) is 8.98. The Hall–Kier alpha value is -3.16. The molecule has 0 aromatic heterocycles. The molecule has 1 fully saturated rings. The first-order valence-corrected chi connectivity index (χ1v) is 7.26. The summed E-state index contributed by atoms with van der Waals surface area (Å²) < 4.78 is 19.6. The molecule has 1 heterocycles. The number of hydrogen-bond donors (Lipinski definition) is 1. The van der Waals surface area contributed by atoms with Crippen LogP contribution in [0.1, 0.15) is 20.8 Å². The van der Waals surface area contributed by atoms with Crippen molar-refractivity contribution in [3.8, 4) is 0 Å². The summed E-state index contributed by atoms with van der Waals surface area (Å²) in [6, 6.07) is -2.05. The quantitative estimate of drug-likeness (QED) is 0.0840. The predicted molar refractivity (Wildman–Crippen MR) is 78.6 cm³/mol. The van der Waals surface area contributed by atoms with Crippen LogP contribution in [0.25, 0.3) is 10.4 Å². The minimum Gasteiger partial charge on any atom is -0.463 e. The number of carbonyl (C=O) groups is 3. The van der Waals surface area contributed by atoms with E-state index in [9.17, 15) is 29.6 Å². The van der Waals surface area contributed by atoms with E-state index in [1.807, 2.05) is 0 Å². The normalized spacial score (nSPS) is 29.6. The first-order chi connectivity index (χ1) is 12.5. The average molecular weight is 392 g/mol. The van der Waals surface area contributed by atoms with Crippen molar-refractivity contribution in [2.75, 3.05) is 6.61 Å². The number of nitrogens with zero attached hydrogens (tertiary/aromatic N) is 4. The zero-order valence-electron chi connectivity index (χ0n) is 14.3. The molecule has 0 unspecified atom stereocenters. The van der Waals surface area contributed by atoms with Gasteiger partial charge in [-0.25, -0.2) is 4.84 Å². The van der Waals surface area contributed by atoms with Crippen LogP contribution in [0.15, 0.2) is 5.11 Å². The van der Waals surface area contributed by atoms with Gasteiger partial charge in [0.05, 0.1) is 0 Å². The van der Waals surface area contributed by atoms with E-state index in [4.69, 9.17) is 24.5 Å². The zero-order chi connectivity index (χ0) is 20.8. The van der Waals surface area contributed by atoms with Gasteiger partial charge in [-0.3, -0.25) is 14.4 Å². The Kier molecular flexibility index (Phi) is 7.27. The summed E-state index contributed by atoms with van der Waals surface area (Å²) in [7, 11) is 0. The molecule has 0 radical (unpaired) electrons. The van der Waals surface area contributed by atoms with Crippen LogP contribution in [-0.2, 0) is 38.2 Å². The van der Waals surface area contributed by atoms with Crippen LogP contribution in [0.4, 0.5) is 0 Å². The fourth-order valence-corrected chi connectivity index (χ4v) is 2.32. The molecule has 0 bridgehead atoms. The van der Waals surface area contributed by atoms with Crippen molar-refractivity contribution < 1.29 is 48.4 Å². The van der Waals surface area contributed by atoms with E-state index in [1.165, 1.54) is 0 Å². The molecular formula is C12H16N4O11. The van der Waals surface area contributed by atoms with Gasteiger partial charge in [0.1, 0.15) is 12.7 Å². The first kappa shape index (κ1) is 21.9. The van der Waals surface area contributed by atoms with E-state index in [1.54, 1.807) is 0 Å². The van der Waals surface area contributed by atoms with Crippen molar-refractivity contribution >= 4 is 17.9 Å². The smallest absolute Gasteiger partial charge is 0.335 e. The second-order valence-electron chi connectivity index (χ2n) is 5.20. The molecule has 15 heteroatoms. The Bertz CT molecular complexity index is 664. The topological polar surface area (TPSA) is 209 Å². The molecular weight excluding hydrogens is 376 g/mol. The molecule has 1 saturated heterocycles. The highest BCUT2D eigenvalue weighted by Gasteiger charge is 2.60. The Morgan fingerprint density at radius 2 is 1.78 bits per heavy atom. The number of rotatable bonds is 7. The third kappa shape index (κ3) is 5.95. The predicted octanol–water partition coefficient (Wildman–Crippen LogP) is -0.655. The molecule has 1 N–H and O–H groups in total. The maximum Gasteiger partial charge on any atom is 0.335 e. The lowest BCUT2D eigenvalue weighted by Gasteiger charge is -2.46. The minimum atomic E-state index is -3.22. The van der Waals surface area contributed by atoms with Crippen molar-refractivity contribution in [2.24, 2.45) is 5.11 Å². The second-order valence-corrected chi connectivity index (χ2v) is 5.20. The minimum absolute atomic E-state index is 0.669. The molecule has 5 atom stereocenters. The first-order valence-electron chi connectivity index (χ1n) is 7.26. The molecule has 15 nitrogen and oxygen atoms in total. The number of aliphatic hydroxyl groups is 1. The van der Waals surface area contributed by atoms with Crippen molar-refractivity contribution in [1.82, 2.24) is 0 Å². The van der Waals surface area contributed by atoms with Gasteiger partial charge in [0.15, 0.2) is 18.2 Å². The van der Waals surface area contributed by atoms with E-state index in [-0.39, 0.29) is 0 Å². The van der Waals surface area contributed by atoms with E-state index in [0.717, 1.165) is 20.8 Å². The number of ether oxygens (including phenoxy) is 4. The molecule has 1 rings (SSSR count). The lowest BCUT2D eigenvalue weighted by molar-refractivity contribution is -0.819. The standard InChI is InChI=1S/C12H16N4O11/c1-5(17)23-4-8-9(24-6(2)18)10(25-7(3)19)11(14-15-13)12(20,26-8)27-16(21)22/h8-11,20H,4H2,1-3H3/t8-,9+,10+,11-,12-/m1/s1. The van der Waals surface area contributed by atoms with Gasteiger partial charge in [0.2, 0.25) is 0 Å². The van der Waals surface area contributed by atoms with Gasteiger partial charge in [-0.1, -0.05) is 5.11 Å². The lowest BCUT2D eigenvalue weighted by atomic mass is 9.95. The van der Waals surface area contributed by atoms with E-state index in [0.29, 0.717) is 0 Å². The molecule has 0 aromatic carbocycles. The van der Waals surface area contributed by atoms with Gasteiger partial charge < -0.3 is 24.1 Å². The van der Waals surface area contributed by atoms with Crippen LogP contribution < -0.4 is 0 Å². The van der Waals surface area contributed by atoms with Gasteiger partial charge in [-0.15, -0.1) is 10.1 Å². The van der Waals surface area contributed by atoms with Crippen LogP contribution in [0.2, 0.25) is 0 Å². The van der Waals surface area contributed by atoms with Gasteiger partial charge in [-0.05, 0) is 5.53 Å². The molecule has 0 amide bonds. The monoisotopic (exact) mass is 392 g/mol. The highest BCUT2D eigenvalue weighted by Crippen LogP contribution is 2.35. The summed E-state index contributed by atoms with van der Waals surface area (Å²) >= 11 is 0. The molecule has 0 spiro atoms. The number of azide groups is 1. The Morgan fingerprint density at radius 3 is 2.22 bits per heavy atom. The lowest BCUT2D eigenvalue weighted by Crippen LogP contribution is -2.67. The van der Waals surface area contributed by atoms with Crippen LogP contribution in [0.3, 0.4) is 0 Å². The fourth-order valence-electron chi connectivity index (χ4n) is 2.32. The third-order valence-corrected chi connectivity index (χ3v) is 3.13. The number of esters is 3. The Morgan fingerprint density at radius 1 is 1.22 bits per heavy atom. The molecule has 1 aliphatic heterocycles. The van der Waals surface area contributed by atoms with Crippen LogP contribution >= 0.6 is 0 Å². The number of hydrogen-bond acceptors (Lipinski definition) is 12. The highest BCUT2D eigenvalue weighted by atomic mass is 17.0. The summed E-state index contributed by atoms with van der Waals surface area (Å²) in [5.41, 5.74) is 8.70. The molecule has 0 aromatic rings. The third-order valence-electron chi connectivity index (χ3n) is 3.13.